The Morgan fingerprint density at radius 3 is 2.29 bits per heavy atom. The number of fused-ring (bicyclic) bond motifs is 1. The van der Waals surface area contributed by atoms with Crippen LogP contribution in [0.3, 0.4) is 0 Å². The lowest BCUT2D eigenvalue weighted by atomic mass is 10.1. The molecule has 6 heteroatoms. The standard InChI is InChI=1S/C18H14N6/c1-12-3-5-15(6-4-12)24-22-17-7-13(2)16(8-18(17)23-24)21-11-14(9-19)10-20/h3-8,11,21H,1-2H3. The minimum Gasteiger partial charge on any atom is -0.360 e. The van der Waals surface area contributed by atoms with Crippen molar-refractivity contribution in [2.75, 3.05) is 5.32 Å². The average molecular weight is 314 g/mol. The summed E-state index contributed by atoms with van der Waals surface area (Å²) in [5.74, 6) is 0. The lowest BCUT2D eigenvalue weighted by molar-refractivity contribution is 0.765. The van der Waals surface area contributed by atoms with Crippen molar-refractivity contribution < 1.29 is 0 Å². The normalized spacial score (nSPS) is 10.0. The molecule has 0 saturated carbocycles. The van der Waals surface area contributed by atoms with E-state index in [0.717, 1.165) is 28.0 Å². The van der Waals surface area contributed by atoms with Crippen LogP contribution in [0.15, 0.2) is 48.2 Å². The Kier molecular flexibility index (Phi) is 3.96. The van der Waals surface area contributed by atoms with Gasteiger partial charge in [-0.2, -0.15) is 15.3 Å². The molecule has 0 unspecified atom stereocenters. The molecule has 0 atom stereocenters. The second-order valence-corrected chi connectivity index (χ2v) is 5.41. The summed E-state index contributed by atoms with van der Waals surface area (Å²) in [5, 5.41) is 29.6. The molecule has 1 aromatic heterocycles. The number of nitrogens with zero attached hydrogens (tertiary/aromatic N) is 5. The molecule has 24 heavy (non-hydrogen) atoms. The van der Waals surface area contributed by atoms with Gasteiger partial charge in [0, 0.05) is 11.9 Å². The maximum absolute atomic E-state index is 8.79. The van der Waals surface area contributed by atoms with E-state index < -0.39 is 0 Å². The summed E-state index contributed by atoms with van der Waals surface area (Å²) in [6.07, 6.45) is 1.39. The first-order chi connectivity index (χ1) is 11.6. The van der Waals surface area contributed by atoms with E-state index in [1.54, 1.807) is 4.80 Å². The van der Waals surface area contributed by atoms with Crippen molar-refractivity contribution in [1.29, 1.82) is 10.5 Å². The number of hydrogen-bond acceptors (Lipinski definition) is 5. The van der Waals surface area contributed by atoms with Crippen LogP contribution in [0.5, 0.6) is 0 Å². The molecule has 3 rings (SSSR count). The molecule has 0 spiro atoms. The van der Waals surface area contributed by atoms with Gasteiger partial charge in [0.25, 0.3) is 0 Å². The van der Waals surface area contributed by atoms with Crippen LogP contribution >= 0.6 is 0 Å². The molecule has 0 radical (unpaired) electrons. The first-order valence-electron chi connectivity index (χ1n) is 7.32. The topological polar surface area (TPSA) is 90.3 Å². The molecular formula is C18H14N6. The maximum atomic E-state index is 8.79. The highest BCUT2D eigenvalue weighted by atomic mass is 15.5. The van der Waals surface area contributed by atoms with Gasteiger partial charge in [0.1, 0.15) is 28.7 Å². The number of aryl methyl sites for hydroxylation is 2. The van der Waals surface area contributed by atoms with E-state index in [0.29, 0.717) is 0 Å². The molecule has 1 N–H and O–H groups in total. The highest BCUT2D eigenvalue weighted by Crippen LogP contribution is 2.22. The molecule has 3 aromatic rings. The van der Waals surface area contributed by atoms with Crippen molar-refractivity contribution in [3.8, 4) is 17.8 Å². The van der Waals surface area contributed by atoms with Gasteiger partial charge < -0.3 is 5.32 Å². The van der Waals surface area contributed by atoms with E-state index in [9.17, 15) is 0 Å². The monoisotopic (exact) mass is 314 g/mol. The Morgan fingerprint density at radius 1 is 1.04 bits per heavy atom. The molecular weight excluding hydrogens is 300 g/mol. The van der Waals surface area contributed by atoms with Crippen molar-refractivity contribution in [3.63, 3.8) is 0 Å². The van der Waals surface area contributed by atoms with E-state index in [1.807, 2.05) is 62.4 Å². The Labute approximate surface area is 139 Å². The second-order valence-electron chi connectivity index (χ2n) is 5.41. The molecule has 6 nitrogen and oxygen atoms in total. The fraction of sp³-hybridized carbons (Fsp3) is 0.111. The van der Waals surface area contributed by atoms with Crippen molar-refractivity contribution in [3.05, 3.63) is 59.3 Å². The van der Waals surface area contributed by atoms with Crippen LogP contribution in [0.25, 0.3) is 16.7 Å². The van der Waals surface area contributed by atoms with Gasteiger partial charge in [-0.05, 0) is 43.7 Å². The Morgan fingerprint density at radius 2 is 1.67 bits per heavy atom. The number of hydrogen-bond donors (Lipinski definition) is 1. The molecule has 0 fully saturated rings. The van der Waals surface area contributed by atoms with E-state index >= 15 is 0 Å². The smallest absolute Gasteiger partial charge is 0.145 e. The van der Waals surface area contributed by atoms with Crippen molar-refractivity contribution in [1.82, 2.24) is 15.0 Å². The van der Waals surface area contributed by atoms with E-state index in [4.69, 9.17) is 10.5 Å². The van der Waals surface area contributed by atoms with Gasteiger partial charge in [0.15, 0.2) is 0 Å². The third-order valence-corrected chi connectivity index (χ3v) is 3.60. The molecule has 0 aliphatic carbocycles. The second kappa shape index (κ2) is 6.23. The lowest BCUT2D eigenvalue weighted by Crippen LogP contribution is -1.97. The number of benzene rings is 2. The summed E-state index contributed by atoms with van der Waals surface area (Å²) >= 11 is 0. The number of anilines is 1. The number of nitriles is 2. The lowest BCUT2D eigenvalue weighted by Gasteiger charge is -2.04. The molecule has 0 bridgehead atoms. The van der Waals surface area contributed by atoms with Crippen molar-refractivity contribution in [2.45, 2.75) is 13.8 Å². The Bertz CT molecular complexity index is 997. The highest BCUT2D eigenvalue weighted by Gasteiger charge is 2.08. The first-order valence-corrected chi connectivity index (χ1v) is 7.32. The Balaban J connectivity index is 1.99. The maximum Gasteiger partial charge on any atom is 0.145 e. The average Bonchev–Trinajstić information content (AvgIpc) is 2.99. The minimum absolute atomic E-state index is 0.0119. The van der Waals surface area contributed by atoms with Crippen molar-refractivity contribution in [2.24, 2.45) is 0 Å². The van der Waals surface area contributed by atoms with Gasteiger partial charge in [-0.15, -0.1) is 10.2 Å². The summed E-state index contributed by atoms with van der Waals surface area (Å²) in [7, 11) is 0. The summed E-state index contributed by atoms with van der Waals surface area (Å²) < 4.78 is 0. The number of allylic oxidation sites excluding steroid dienone is 1. The van der Waals surface area contributed by atoms with Crippen LogP contribution < -0.4 is 5.32 Å². The molecule has 1 heterocycles. The molecule has 0 saturated heterocycles. The zero-order valence-corrected chi connectivity index (χ0v) is 13.3. The van der Waals surface area contributed by atoms with Crippen LogP contribution in [0.4, 0.5) is 5.69 Å². The molecule has 0 aliphatic rings. The third-order valence-electron chi connectivity index (χ3n) is 3.60. The van der Waals surface area contributed by atoms with Crippen LogP contribution in [-0.4, -0.2) is 15.0 Å². The molecule has 0 amide bonds. The predicted molar refractivity (Wildman–Crippen MR) is 91.3 cm³/mol. The molecule has 116 valence electrons. The summed E-state index contributed by atoms with van der Waals surface area (Å²) in [4.78, 5) is 1.60. The van der Waals surface area contributed by atoms with E-state index in [-0.39, 0.29) is 5.57 Å². The largest absolute Gasteiger partial charge is 0.360 e. The van der Waals surface area contributed by atoms with Crippen LogP contribution in [-0.2, 0) is 0 Å². The zero-order chi connectivity index (χ0) is 17.1. The predicted octanol–water partition coefficient (Wildman–Crippen LogP) is 3.38. The summed E-state index contributed by atoms with van der Waals surface area (Å²) in [6, 6.07) is 15.4. The number of rotatable bonds is 3. The van der Waals surface area contributed by atoms with Gasteiger partial charge in [-0.1, -0.05) is 17.7 Å². The van der Waals surface area contributed by atoms with Crippen LogP contribution in [0.1, 0.15) is 11.1 Å². The zero-order valence-electron chi connectivity index (χ0n) is 13.3. The number of nitrogens with one attached hydrogen (secondary N) is 1. The van der Waals surface area contributed by atoms with Gasteiger partial charge in [-0.3, -0.25) is 0 Å². The SMILES string of the molecule is Cc1ccc(-n2nc3cc(C)c(NC=C(C#N)C#N)cc3n2)cc1. The fourth-order valence-electron chi connectivity index (χ4n) is 2.26. The minimum atomic E-state index is 0.0119. The van der Waals surface area contributed by atoms with Gasteiger partial charge >= 0.3 is 0 Å². The molecule has 0 aliphatic heterocycles. The van der Waals surface area contributed by atoms with Gasteiger partial charge in [0.2, 0.25) is 0 Å². The molecule has 2 aromatic carbocycles. The quantitative estimate of drug-likeness (QED) is 0.748. The Hall–Kier alpha value is -3.64. The number of aromatic nitrogens is 3. The third kappa shape index (κ3) is 2.94. The first kappa shape index (κ1) is 15.3. The van der Waals surface area contributed by atoms with E-state index in [1.165, 1.54) is 11.8 Å². The summed E-state index contributed by atoms with van der Waals surface area (Å²) in [5.41, 5.74) is 5.32. The van der Waals surface area contributed by atoms with Gasteiger partial charge in [0.05, 0.1) is 5.69 Å². The highest BCUT2D eigenvalue weighted by molar-refractivity contribution is 5.81. The van der Waals surface area contributed by atoms with Crippen molar-refractivity contribution >= 4 is 16.7 Å². The van der Waals surface area contributed by atoms with E-state index in [2.05, 4.69) is 15.5 Å². The summed E-state index contributed by atoms with van der Waals surface area (Å²) in [6.45, 7) is 3.96. The van der Waals surface area contributed by atoms with Crippen LogP contribution in [0.2, 0.25) is 0 Å². The van der Waals surface area contributed by atoms with Crippen LogP contribution in [0, 0.1) is 36.5 Å². The fourth-order valence-corrected chi connectivity index (χ4v) is 2.26. The van der Waals surface area contributed by atoms with Gasteiger partial charge in [-0.25, -0.2) is 0 Å².